The standard InChI is InChI=1S/C20H29NO2Si/c1-20(2,3)24(4,5)23-14-8-10-16-15-9-6-7-11-19(22)17(15)12-13-18(16)21/h12-13H,6-7,9,11,14,21H2,1-5H3. The first-order valence-corrected chi connectivity index (χ1v) is 11.6. The Bertz CT molecular complexity index is 690. The van der Waals surface area contributed by atoms with Crippen LogP contribution in [0.2, 0.25) is 18.1 Å². The van der Waals surface area contributed by atoms with Crippen LogP contribution < -0.4 is 5.73 Å². The number of rotatable bonds is 2. The SMILES string of the molecule is CC(C)(C)[Si](C)(C)OCC#Cc1c(N)ccc2c1CCCCC2=O. The van der Waals surface area contributed by atoms with E-state index in [-0.39, 0.29) is 10.8 Å². The van der Waals surface area contributed by atoms with E-state index >= 15 is 0 Å². The molecule has 0 heterocycles. The minimum atomic E-state index is -1.79. The first-order chi connectivity index (χ1) is 11.1. The van der Waals surface area contributed by atoms with Crippen molar-refractivity contribution in [2.45, 2.75) is 64.6 Å². The third-order valence-electron chi connectivity index (χ3n) is 5.25. The monoisotopic (exact) mass is 343 g/mol. The summed E-state index contributed by atoms with van der Waals surface area (Å²) < 4.78 is 6.10. The molecule has 0 aromatic heterocycles. The van der Waals surface area contributed by atoms with Gasteiger partial charge in [0.25, 0.3) is 0 Å². The van der Waals surface area contributed by atoms with Crippen LogP contribution in [0.15, 0.2) is 12.1 Å². The summed E-state index contributed by atoms with van der Waals surface area (Å²) in [6.45, 7) is 11.5. The van der Waals surface area contributed by atoms with Gasteiger partial charge in [0.2, 0.25) is 0 Å². The van der Waals surface area contributed by atoms with E-state index in [0.717, 1.165) is 36.0 Å². The predicted molar refractivity (Wildman–Crippen MR) is 103 cm³/mol. The number of anilines is 1. The maximum absolute atomic E-state index is 12.2. The van der Waals surface area contributed by atoms with Crippen molar-refractivity contribution in [1.29, 1.82) is 0 Å². The van der Waals surface area contributed by atoms with E-state index in [1.165, 1.54) is 0 Å². The van der Waals surface area contributed by atoms with Crippen molar-refractivity contribution in [3.05, 3.63) is 28.8 Å². The van der Waals surface area contributed by atoms with Gasteiger partial charge in [-0.15, -0.1) is 0 Å². The lowest BCUT2D eigenvalue weighted by Gasteiger charge is -2.35. The number of carbonyl (C=O) groups excluding carboxylic acids is 1. The number of nitrogen functional groups attached to an aromatic ring is 1. The Morgan fingerprint density at radius 1 is 1.21 bits per heavy atom. The molecule has 0 radical (unpaired) electrons. The first kappa shape index (κ1) is 18.8. The number of hydrogen-bond acceptors (Lipinski definition) is 3. The van der Waals surface area contributed by atoms with E-state index in [9.17, 15) is 4.79 Å². The molecule has 1 aromatic carbocycles. The molecule has 2 N–H and O–H groups in total. The van der Waals surface area contributed by atoms with Crippen molar-refractivity contribution in [2.75, 3.05) is 12.3 Å². The minimum absolute atomic E-state index is 0.171. The number of benzene rings is 1. The van der Waals surface area contributed by atoms with Gasteiger partial charge in [0, 0.05) is 17.7 Å². The van der Waals surface area contributed by atoms with E-state index < -0.39 is 8.32 Å². The molecule has 0 spiro atoms. The zero-order valence-corrected chi connectivity index (χ0v) is 16.6. The zero-order valence-electron chi connectivity index (χ0n) is 15.6. The molecule has 24 heavy (non-hydrogen) atoms. The Labute approximate surface area is 147 Å². The molecule has 0 bridgehead atoms. The molecule has 4 heteroatoms. The molecular weight excluding hydrogens is 314 g/mol. The summed E-state index contributed by atoms with van der Waals surface area (Å²) in [5.41, 5.74) is 9.44. The van der Waals surface area contributed by atoms with Gasteiger partial charge in [-0.25, -0.2) is 0 Å². The maximum Gasteiger partial charge on any atom is 0.193 e. The van der Waals surface area contributed by atoms with E-state index in [2.05, 4.69) is 45.7 Å². The third-order valence-corrected chi connectivity index (χ3v) is 9.73. The molecule has 0 saturated carbocycles. The molecule has 0 amide bonds. The van der Waals surface area contributed by atoms with Crippen LogP contribution in [0.25, 0.3) is 0 Å². The van der Waals surface area contributed by atoms with Crippen molar-refractivity contribution >= 4 is 19.8 Å². The van der Waals surface area contributed by atoms with E-state index in [4.69, 9.17) is 10.2 Å². The van der Waals surface area contributed by atoms with Crippen molar-refractivity contribution in [3.8, 4) is 11.8 Å². The second kappa shape index (κ2) is 7.12. The number of fused-ring (bicyclic) bond motifs is 1. The smallest absolute Gasteiger partial charge is 0.193 e. The van der Waals surface area contributed by atoms with Crippen LogP contribution >= 0.6 is 0 Å². The van der Waals surface area contributed by atoms with Gasteiger partial charge < -0.3 is 10.2 Å². The van der Waals surface area contributed by atoms with Crippen LogP contribution in [0.5, 0.6) is 0 Å². The zero-order chi connectivity index (χ0) is 18.0. The van der Waals surface area contributed by atoms with Crippen LogP contribution in [-0.2, 0) is 10.8 Å². The van der Waals surface area contributed by atoms with Crippen molar-refractivity contribution < 1.29 is 9.22 Å². The number of nitrogens with two attached hydrogens (primary N) is 1. The van der Waals surface area contributed by atoms with Crippen LogP contribution in [0.3, 0.4) is 0 Å². The number of ketones is 1. The minimum Gasteiger partial charge on any atom is -0.406 e. The summed E-state index contributed by atoms with van der Waals surface area (Å²) in [5.74, 6) is 6.52. The quantitative estimate of drug-likeness (QED) is 0.371. The average molecular weight is 344 g/mol. The van der Waals surface area contributed by atoms with Gasteiger partial charge in [-0.2, -0.15) is 0 Å². The second-order valence-electron chi connectivity index (χ2n) is 8.04. The number of carbonyl (C=O) groups is 1. The van der Waals surface area contributed by atoms with Gasteiger partial charge in [0.15, 0.2) is 14.1 Å². The predicted octanol–water partition coefficient (Wildman–Crippen LogP) is 4.55. The molecule has 1 aliphatic carbocycles. The number of hydrogen-bond donors (Lipinski definition) is 1. The highest BCUT2D eigenvalue weighted by molar-refractivity contribution is 6.74. The Kier molecular flexibility index (Phi) is 5.57. The maximum atomic E-state index is 12.2. The second-order valence-corrected chi connectivity index (χ2v) is 12.8. The van der Waals surface area contributed by atoms with Crippen LogP contribution in [-0.4, -0.2) is 20.7 Å². The van der Waals surface area contributed by atoms with E-state index in [0.29, 0.717) is 18.7 Å². The molecule has 1 aliphatic rings. The molecule has 0 aliphatic heterocycles. The fourth-order valence-corrected chi connectivity index (χ4v) is 3.48. The van der Waals surface area contributed by atoms with Gasteiger partial charge in [-0.1, -0.05) is 32.6 Å². The van der Waals surface area contributed by atoms with Gasteiger partial charge in [0.1, 0.15) is 0 Å². The van der Waals surface area contributed by atoms with Crippen LogP contribution in [0.4, 0.5) is 5.69 Å². The van der Waals surface area contributed by atoms with Crippen LogP contribution in [0.1, 0.15) is 61.5 Å². The number of Topliss-reactive ketones (excluding diaryl/α,β-unsaturated/α-hetero) is 1. The first-order valence-electron chi connectivity index (χ1n) is 8.71. The molecule has 3 nitrogen and oxygen atoms in total. The van der Waals surface area contributed by atoms with Crippen molar-refractivity contribution in [3.63, 3.8) is 0 Å². The summed E-state index contributed by atoms with van der Waals surface area (Å²) in [4.78, 5) is 12.2. The third kappa shape index (κ3) is 4.09. The lowest BCUT2D eigenvalue weighted by atomic mass is 9.95. The molecule has 0 fully saturated rings. The summed E-state index contributed by atoms with van der Waals surface area (Å²) in [7, 11) is -1.79. The molecule has 2 rings (SSSR count). The Hall–Kier alpha value is -1.57. The Morgan fingerprint density at radius 3 is 2.54 bits per heavy atom. The van der Waals surface area contributed by atoms with Gasteiger partial charge in [-0.05, 0) is 55.1 Å². The Balaban J connectivity index is 2.23. The fraction of sp³-hybridized carbons (Fsp3) is 0.550. The Morgan fingerprint density at radius 2 is 1.88 bits per heavy atom. The molecular formula is C20H29NO2Si. The van der Waals surface area contributed by atoms with Crippen molar-refractivity contribution in [1.82, 2.24) is 0 Å². The van der Waals surface area contributed by atoms with Crippen molar-refractivity contribution in [2.24, 2.45) is 0 Å². The average Bonchev–Trinajstić information content (AvgIpc) is 2.66. The molecule has 1 aromatic rings. The van der Waals surface area contributed by atoms with Crippen LogP contribution in [0, 0.1) is 11.8 Å². The van der Waals surface area contributed by atoms with E-state index in [1.807, 2.05) is 6.07 Å². The van der Waals surface area contributed by atoms with Gasteiger partial charge in [-0.3, -0.25) is 4.79 Å². The summed E-state index contributed by atoms with van der Waals surface area (Å²) in [6.07, 6.45) is 3.45. The molecule has 0 saturated heterocycles. The molecule has 0 atom stereocenters. The van der Waals surface area contributed by atoms with E-state index in [1.54, 1.807) is 6.07 Å². The molecule has 0 unspecified atom stereocenters. The lowest BCUT2D eigenvalue weighted by Crippen LogP contribution is -2.40. The highest BCUT2D eigenvalue weighted by Gasteiger charge is 2.36. The summed E-state index contributed by atoms with van der Waals surface area (Å²) in [6, 6.07) is 3.66. The summed E-state index contributed by atoms with van der Waals surface area (Å²) >= 11 is 0. The van der Waals surface area contributed by atoms with Gasteiger partial charge in [0.05, 0.1) is 12.2 Å². The topological polar surface area (TPSA) is 52.3 Å². The summed E-state index contributed by atoms with van der Waals surface area (Å²) in [5, 5.41) is 0.171. The fourth-order valence-electron chi connectivity index (χ4n) is 2.61. The highest BCUT2D eigenvalue weighted by atomic mass is 28.4. The molecule has 130 valence electrons. The van der Waals surface area contributed by atoms with Gasteiger partial charge >= 0.3 is 0 Å². The largest absolute Gasteiger partial charge is 0.406 e. The lowest BCUT2D eigenvalue weighted by molar-refractivity contribution is 0.0982. The normalized spacial score (nSPS) is 15.3. The highest BCUT2D eigenvalue weighted by Crippen LogP contribution is 2.36.